The van der Waals surface area contributed by atoms with E-state index in [0.717, 1.165) is 50.9 Å². The van der Waals surface area contributed by atoms with Gasteiger partial charge in [0.1, 0.15) is 0 Å². The summed E-state index contributed by atoms with van der Waals surface area (Å²) in [6.45, 7) is 5.15. The first kappa shape index (κ1) is 20.7. The molecule has 5 nitrogen and oxygen atoms in total. The maximum absolute atomic E-state index is 12.8. The van der Waals surface area contributed by atoms with E-state index in [4.69, 9.17) is 0 Å². The summed E-state index contributed by atoms with van der Waals surface area (Å²) in [6.07, 6.45) is 4.08. The van der Waals surface area contributed by atoms with Crippen LogP contribution in [0.1, 0.15) is 44.1 Å². The summed E-state index contributed by atoms with van der Waals surface area (Å²) in [5.74, 6) is 0.543. The van der Waals surface area contributed by atoms with Crippen LogP contribution < -0.4 is 10.6 Å². The number of likely N-dealkylation sites (tertiary alicyclic amines) is 1. The molecule has 0 aromatic heterocycles. The third kappa shape index (κ3) is 5.21. The van der Waals surface area contributed by atoms with Crippen LogP contribution in [0, 0.1) is 5.92 Å². The number of hydrogen-bond donors (Lipinski definition) is 2. The van der Waals surface area contributed by atoms with Crippen molar-refractivity contribution in [2.45, 2.75) is 44.6 Å². The summed E-state index contributed by atoms with van der Waals surface area (Å²) in [5.41, 5.74) is 1.07. The van der Waals surface area contributed by atoms with Crippen LogP contribution in [-0.4, -0.2) is 48.9 Å². The Labute approximate surface area is 162 Å². The van der Waals surface area contributed by atoms with E-state index in [0.29, 0.717) is 12.5 Å². The standard InChI is InChI=1S/C20H29N3O2.ClH/c1-15(17-8-3-2-4-9-17)20(25)23-12-6-7-16(14-23)13-22-19(24)18-10-5-11-21-18;/h2-4,8-9,15-16,18,21H,5-7,10-14H2,1H3,(H,22,24);1H. The van der Waals surface area contributed by atoms with Crippen LogP contribution in [0.4, 0.5) is 0 Å². The zero-order valence-electron chi connectivity index (χ0n) is 15.4. The highest BCUT2D eigenvalue weighted by atomic mass is 35.5. The molecule has 0 saturated carbocycles. The van der Waals surface area contributed by atoms with Gasteiger partial charge in [-0.1, -0.05) is 30.3 Å². The lowest BCUT2D eigenvalue weighted by Crippen LogP contribution is -2.47. The van der Waals surface area contributed by atoms with E-state index >= 15 is 0 Å². The van der Waals surface area contributed by atoms with E-state index < -0.39 is 0 Å². The summed E-state index contributed by atoms with van der Waals surface area (Å²) in [5, 5.41) is 6.30. The van der Waals surface area contributed by atoms with Gasteiger partial charge in [0.05, 0.1) is 12.0 Å². The summed E-state index contributed by atoms with van der Waals surface area (Å²) < 4.78 is 0. The number of carbonyl (C=O) groups is 2. The number of nitrogens with one attached hydrogen (secondary N) is 2. The molecule has 26 heavy (non-hydrogen) atoms. The van der Waals surface area contributed by atoms with Crippen molar-refractivity contribution in [1.29, 1.82) is 0 Å². The number of hydrogen-bond acceptors (Lipinski definition) is 3. The van der Waals surface area contributed by atoms with E-state index in [9.17, 15) is 9.59 Å². The average molecular weight is 380 g/mol. The molecular formula is C20H30ClN3O2. The predicted octanol–water partition coefficient (Wildman–Crippen LogP) is 2.32. The third-order valence-corrected chi connectivity index (χ3v) is 5.44. The number of carbonyl (C=O) groups excluding carboxylic acids is 2. The molecule has 1 aromatic rings. The SMILES string of the molecule is CC(C(=O)N1CCCC(CNC(=O)C2CCCN2)C1)c1ccccc1.Cl. The fraction of sp³-hybridized carbons (Fsp3) is 0.600. The molecule has 0 bridgehead atoms. The van der Waals surface area contributed by atoms with Crippen LogP contribution in [0.15, 0.2) is 30.3 Å². The first-order valence-corrected chi connectivity index (χ1v) is 9.50. The molecule has 144 valence electrons. The van der Waals surface area contributed by atoms with Crippen LogP contribution in [0.3, 0.4) is 0 Å². The Morgan fingerprint density at radius 1 is 1.23 bits per heavy atom. The van der Waals surface area contributed by atoms with Crippen molar-refractivity contribution < 1.29 is 9.59 Å². The fourth-order valence-corrected chi connectivity index (χ4v) is 3.87. The monoisotopic (exact) mass is 379 g/mol. The first-order chi connectivity index (χ1) is 12.1. The van der Waals surface area contributed by atoms with Gasteiger partial charge in [-0.25, -0.2) is 0 Å². The minimum Gasteiger partial charge on any atom is -0.354 e. The largest absolute Gasteiger partial charge is 0.354 e. The van der Waals surface area contributed by atoms with Gasteiger partial charge in [0.15, 0.2) is 0 Å². The van der Waals surface area contributed by atoms with Gasteiger partial charge < -0.3 is 15.5 Å². The van der Waals surface area contributed by atoms with Crippen LogP contribution >= 0.6 is 12.4 Å². The van der Waals surface area contributed by atoms with Crippen molar-refractivity contribution in [3.8, 4) is 0 Å². The number of amides is 2. The van der Waals surface area contributed by atoms with E-state index in [-0.39, 0.29) is 36.2 Å². The summed E-state index contributed by atoms with van der Waals surface area (Å²) in [6, 6.07) is 9.92. The number of benzene rings is 1. The third-order valence-electron chi connectivity index (χ3n) is 5.44. The molecule has 3 atom stereocenters. The lowest BCUT2D eigenvalue weighted by Gasteiger charge is -2.34. The molecule has 2 fully saturated rings. The Hall–Kier alpha value is -1.59. The molecule has 2 heterocycles. The van der Waals surface area contributed by atoms with Gasteiger partial charge in [-0.3, -0.25) is 9.59 Å². The number of nitrogens with zero attached hydrogens (tertiary/aromatic N) is 1. The van der Waals surface area contributed by atoms with Gasteiger partial charge >= 0.3 is 0 Å². The van der Waals surface area contributed by atoms with Crippen LogP contribution in [-0.2, 0) is 9.59 Å². The van der Waals surface area contributed by atoms with E-state index in [2.05, 4.69) is 10.6 Å². The Bertz CT molecular complexity index is 590. The molecule has 2 amide bonds. The van der Waals surface area contributed by atoms with Gasteiger partial charge in [0.25, 0.3) is 0 Å². The number of rotatable bonds is 5. The molecule has 3 rings (SSSR count). The molecule has 6 heteroatoms. The normalized spacial score (nSPS) is 23.8. The van der Waals surface area contributed by atoms with Crippen molar-refractivity contribution >= 4 is 24.2 Å². The van der Waals surface area contributed by atoms with Gasteiger partial charge in [-0.05, 0) is 50.6 Å². The molecule has 2 aliphatic rings. The molecular weight excluding hydrogens is 350 g/mol. The first-order valence-electron chi connectivity index (χ1n) is 9.50. The minimum atomic E-state index is -0.114. The second-order valence-electron chi connectivity index (χ2n) is 7.32. The Morgan fingerprint density at radius 3 is 2.69 bits per heavy atom. The Balaban J connectivity index is 0.00000243. The molecule has 0 aliphatic carbocycles. The quantitative estimate of drug-likeness (QED) is 0.825. The van der Waals surface area contributed by atoms with Gasteiger partial charge in [-0.15, -0.1) is 12.4 Å². The highest BCUT2D eigenvalue weighted by Gasteiger charge is 2.28. The van der Waals surface area contributed by atoms with Crippen LogP contribution in [0.5, 0.6) is 0 Å². The van der Waals surface area contributed by atoms with Gasteiger partial charge in [0.2, 0.25) is 11.8 Å². The molecule has 3 unspecified atom stereocenters. The van der Waals surface area contributed by atoms with Crippen LogP contribution in [0.2, 0.25) is 0 Å². The van der Waals surface area contributed by atoms with Crippen molar-refractivity contribution in [2.24, 2.45) is 5.92 Å². The molecule has 1 aromatic carbocycles. The maximum atomic E-state index is 12.8. The van der Waals surface area contributed by atoms with Crippen molar-refractivity contribution in [1.82, 2.24) is 15.5 Å². The summed E-state index contributed by atoms with van der Waals surface area (Å²) >= 11 is 0. The topological polar surface area (TPSA) is 61.4 Å². The van der Waals surface area contributed by atoms with E-state index in [1.165, 1.54) is 0 Å². The zero-order valence-corrected chi connectivity index (χ0v) is 16.3. The smallest absolute Gasteiger partial charge is 0.237 e. The highest BCUT2D eigenvalue weighted by molar-refractivity contribution is 5.85. The van der Waals surface area contributed by atoms with E-state index in [1.807, 2.05) is 42.2 Å². The summed E-state index contributed by atoms with van der Waals surface area (Å²) in [4.78, 5) is 26.9. The fourth-order valence-electron chi connectivity index (χ4n) is 3.87. The van der Waals surface area contributed by atoms with Crippen molar-refractivity contribution in [2.75, 3.05) is 26.2 Å². The highest BCUT2D eigenvalue weighted by Crippen LogP contribution is 2.22. The lowest BCUT2D eigenvalue weighted by atomic mass is 9.94. The molecule has 2 aliphatic heterocycles. The Kier molecular flexibility index (Phi) is 7.91. The molecule has 0 spiro atoms. The molecule has 0 radical (unpaired) electrons. The second-order valence-corrected chi connectivity index (χ2v) is 7.32. The van der Waals surface area contributed by atoms with Crippen molar-refractivity contribution in [3.05, 3.63) is 35.9 Å². The van der Waals surface area contributed by atoms with Crippen molar-refractivity contribution in [3.63, 3.8) is 0 Å². The lowest BCUT2D eigenvalue weighted by molar-refractivity contribution is -0.134. The Morgan fingerprint density at radius 2 is 2.00 bits per heavy atom. The van der Waals surface area contributed by atoms with Gasteiger partial charge in [-0.2, -0.15) is 0 Å². The summed E-state index contributed by atoms with van der Waals surface area (Å²) in [7, 11) is 0. The molecule has 2 saturated heterocycles. The maximum Gasteiger partial charge on any atom is 0.237 e. The number of piperidine rings is 1. The zero-order chi connectivity index (χ0) is 17.6. The predicted molar refractivity (Wildman–Crippen MR) is 105 cm³/mol. The average Bonchev–Trinajstić information content (AvgIpc) is 3.21. The number of halogens is 1. The van der Waals surface area contributed by atoms with E-state index in [1.54, 1.807) is 0 Å². The van der Waals surface area contributed by atoms with Gasteiger partial charge in [0, 0.05) is 19.6 Å². The molecule has 2 N–H and O–H groups in total. The minimum absolute atomic E-state index is 0. The second kappa shape index (κ2) is 9.93. The van der Waals surface area contributed by atoms with Crippen LogP contribution in [0.25, 0.3) is 0 Å².